The van der Waals surface area contributed by atoms with E-state index in [4.69, 9.17) is 5.73 Å². The molecule has 4 heteroatoms. The molecular formula is C12H20N4. The molecule has 16 heavy (non-hydrogen) atoms. The average Bonchev–Trinajstić information content (AvgIpc) is 2.30. The number of pyridine rings is 1. The van der Waals surface area contributed by atoms with Gasteiger partial charge in [-0.15, -0.1) is 0 Å². The van der Waals surface area contributed by atoms with Gasteiger partial charge in [-0.25, -0.2) is 4.98 Å². The molecular weight excluding hydrogens is 200 g/mol. The Bertz CT molecular complexity index is 332. The third kappa shape index (κ3) is 2.85. The Labute approximate surface area is 96.8 Å². The van der Waals surface area contributed by atoms with Crippen LogP contribution in [0.5, 0.6) is 0 Å². The standard InChI is InChI=1S/C12H20N4/c1-2-16-8-6-10(7-9-16)14-12-5-3-4-11(13)15-12/h3-5,10H,2,6-9H2,1H3,(H3,13,14,15). The highest BCUT2D eigenvalue weighted by Crippen LogP contribution is 2.15. The van der Waals surface area contributed by atoms with E-state index < -0.39 is 0 Å². The van der Waals surface area contributed by atoms with Gasteiger partial charge in [0.1, 0.15) is 11.6 Å². The van der Waals surface area contributed by atoms with Gasteiger partial charge in [0.25, 0.3) is 0 Å². The van der Waals surface area contributed by atoms with Crippen molar-refractivity contribution in [2.24, 2.45) is 0 Å². The van der Waals surface area contributed by atoms with Gasteiger partial charge in [0.05, 0.1) is 0 Å². The van der Waals surface area contributed by atoms with Gasteiger partial charge in [0.15, 0.2) is 0 Å². The molecule has 0 saturated carbocycles. The van der Waals surface area contributed by atoms with Gasteiger partial charge >= 0.3 is 0 Å². The molecule has 0 atom stereocenters. The third-order valence-corrected chi connectivity index (χ3v) is 3.16. The molecule has 1 aliphatic heterocycles. The fraction of sp³-hybridized carbons (Fsp3) is 0.583. The number of nitrogens with two attached hydrogens (primary N) is 1. The Morgan fingerprint density at radius 2 is 2.19 bits per heavy atom. The molecule has 0 bridgehead atoms. The number of likely N-dealkylation sites (tertiary alicyclic amines) is 1. The number of aromatic nitrogens is 1. The first-order valence-electron chi connectivity index (χ1n) is 5.99. The second-order valence-electron chi connectivity index (χ2n) is 4.30. The minimum absolute atomic E-state index is 0.539. The van der Waals surface area contributed by atoms with Gasteiger partial charge in [0, 0.05) is 19.1 Å². The SMILES string of the molecule is CCN1CCC(Nc2cccc(N)n2)CC1. The molecule has 88 valence electrons. The predicted molar refractivity (Wildman–Crippen MR) is 67.4 cm³/mol. The van der Waals surface area contributed by atoms with Crippen molar-refractivity contribution in [2.45, 2.75) is 25.8 Å². The summed E-state index contributed by atoms with van der Waals surface area (Å²) in [5.74, 6) is 1.48. The zero-order chi connectivity index (χ0) is 11.4. The second-order valence-corrected chi connectivity index (χ2v) is 4.30. The predicted octanol–water partition coefficient (Wildman–Crippen LogP) is 1.56. The van der Waals surface area contributed by atoms with Gasteiger partial charge < -0.3 is 16.0 Å². The van der Waals surface area contributed by atoms with Crippen molar-refractivity contribution in [1.29, 1.82) is 0 Å². The molecule has 2 rings (SSSR count). The maximum Gasteiger partial charge on any atom is 0.128 e. The summed E-state index contributed by atoms with van der Waals surface area (Å²) in [5.41, 5.74) is 5.65. The summed E-state index contributed by atoms with van der Waals surface area (Å²) in [6, 6.07) is 6.26. The van der Waals surface area contributed by atoms with Crippen LogP contribution in [0.2, 0.25) is 0 Å². The smallest absolute Gasteiger partial charge is 0.128 e. The molecule has 0 aliphatic carbocycles. The average molecular weight is 220 g/mol. The van der Waals surface area contributed by atoms with Crippen LogP contribution < -0.4 is 11.1 Å². The zero-order valence-electron chi connectivity index (χ0n) is 9.82. The maximum atomic E-state index is 5.65. The topological polar surface area (TPSA) is 54.2 Å². The fourth-order valence-electron chi connectivity index (χ4n) is 2.13. The summed E-state index contributed by atoms with van der Waals surface area (Å²) in [5, 5.41) is 3.45. The number of nitrogen functional groups attached to an aromatic ring is 1. The molecule has 0 unspecified atom stereocenters. The Morgan fingerprint density at radius 3 is 2.81 bits per heavy atom. The summed E-state index contributed by atoms with van der Waals surface area (Å²) in [6.45, 7) is 5.73. The van der Waals surface area contributed by atoms with Crippen LogP contribution in [-0.4, -0.2) is 35.6 Å². The Kier molecular flexibility index (Phi) is 3.62. The summed E-state index contributed by atoms with van der Waals surface area (Å²) in [7, 11) is 0. The molecule has 1 aromatic rings. The van der Waals surface area contributed by atoms with Crippen molar-refractivity contribution >= 4 is 11.6 Å². The molecule has 2 heterocycles. The quantitative estimate of drug-likeness (QED) is 0.811. The number of rotatable bonds is 3. The van der Waals surface area contributed by atoms with Crippen molar-refractivity contribution in [3.05, 3.63) is 18.2 Å². The summed E-state index contributed by atoms with van der Waals surface area (Å²) < 4.78 is 0. The van der Waals surface area contributed by atoms with E-state index in [9.17, 15) is 0 Å². The molecule has 0 amide bonds. The minimum Gasteiger partial charge on any atom is -0.384 e. The summed E-state index contributed by atoms with van der Waals surface area (Å²) >= 11 is 0. The highest BCUT2D eigenvalue weighted by Gasteiger charge is 2.17. The number of hydrogen-bond acceptors (Lipinski definition) is 4. The molecule has 0 radical (unpaired) electrons. The molecule has 1 aromatic heterocycles. The first-order chi connectivity index (χ1) is 7.78. The Balaban J connectivity index is 1.87. The van der Waals surface area contributed by atoms with Crippen molar-refractivity contribution in [3.8, 4) is 0 Å². The van der Waals surface area contributed by atoms with E-state index in [2.05, 4.69) is 22.1 Å². The van der Waals surface area contributed by atoms with Crippen molar-refractivity contribution < 1.29 is 0 Å². The molecule has 1 fully saturated rings. The second kappa shape index (κ2) is 5.16. The molecule has 1 aliphatic rings. The van der Waals surface area contributed by atoms with E-state index in [1.165, 1.54) is 25.9 Å². The minimum atomic E-state index is 0.539. The summed E-state index contributed by atoms with van der Waals surface area (Å²) in [4.78, 5) is 6.74. The van der Waals surface area contributed by atoms with E-state index in [0.29, 0.717) is 11.9 Å². The van der Waals surface area contributed by atoms with Crippen LogP contribution in [-0.2, 0) is 0 Å². The lowest BCUT2D eigenvalue weighted by Crippen LogP contribution is -2.39. The van der Waals surface area contributed by atoms with Crippen LogP contribution in [0.3, 0.4) is 0 Å². The van der Waals surface area contributed by atoms with Gasteiger partial charge in [-0.2, -0.15) is 0 Å². The highest BCUT2D eigenvalue weighted by molar-refractivity contribution is 5.42. The van der Waals surface area contributed by atoms with Crippen molar-refractivity contribution in [1.82, 2.24) is 9.88 Å². The Hall–Kier alpha value is -1.29. The van der Waals surface area contributed by atoms with Crippen LogP contribution in [0.1, 0.15) is 19.8 Å². The molecule has 0 aromatic carbocycles. The van der Waals surface area contributed by atoms with Crippen molar-refractivity contribution in [3.63, 3.8) is 0 Å². The van der Waals surface area contributed by atoms with Gasteiger partial charge in [-0.05, 0) is 31.5 Å². The van der Waals surface area contributed by atoms with Crippen LogP contribution in [0.15, 0.2) is 18.2 Å². The Morgan fingerprint density at radius 1 is 1.44 bits per heavy atom. The number of nitrogens with zero attached hydrogens (tertiary/aromatic N) is 2. The third-order valence-electron chi connectivity index (χ3n) is 3.16. The van der Waals surface area contributed by atoms with Crippen LogP contribution in [0.25, 0.3) is 0 Å². The zero-order valence-corrected chi connectivity index (χ0v) is 9.82. The first-order valence-corrected chi connectivity index (χ1v) is 5.99. The van der Waals surface area contributed by atoms with Gasteiger partial charge in [-0.1, -0.05) is 13.0 Å². The molecule has 3 N–H and O–H groups in total. The maximum absolute atomic E-state index is 5.65. The molecule has 1 saturated heterocycles. The van der Waals surface area contributed by atoms with Crippen LogP contribution >= 0.6 is 0 Å². The van der Waals surface area contributed by atoms with E-state index in [0.717, 1.165) is 12.4 Å². The van der Waals surface area contributed by atoms with E-state index in [1.807, 2.05) is 18.2 Å². The van der Waals surface area contributed by atoms with Gasteiger partial charge in [0.2, 0.25) is 0 Å². The number of piperidine rings is 1. The highest BCUT2D eigenvalue weighted by atomic mass is 15.1. The summed E-state index contributed by atoms with van der Waals surface area (Å²) in [6.07, 6.45) is 2.37. The fourth-order valence-corrected chi connectivity index (χ4v) is 2.13. The lowest BCUT2D eigenvalue weighted by Gasteiger charge is -2.31. The lowest BCUT2D eigenvalue weighted by atomic mass is 10.1. The normalized spacial score (nSPS) is 18.6. The van der Waals surface area contributed by atoms with E-state index in [1.54, 1.807) is 0 Å². The van der Waals surface area contributed by atoms with Crippen molar-refractivity contribution in [2.75, 3.05) is 30.7 Å². The van der Waals surface area contributed by atoms with E-state index >= 15 is 0 Å². The largest absolute Gasteiger partial charge is 0.384 e. The van der Waals surface area contributed by atoms with Crippen LogP contribution in [0, 0.1) is 0 Å². The number of hydrogen-bond donors (Lipinski definition) is 2. The van der Waals surface area contributed by atoms with Gasteiger partial charge in [-0.3, -0.25) is 0 Å². The van der Waals surface area contributed by atoms with Crippen LogP contribution in [0.4, 0.5) is 11.6 Å². The number of nitrogens with one attached hydrogen (secondary N) is 1. The lowest BCUT2D eigenvalue weighted by molar-refractivity contribution is 0.229. The number of anilines is 2. The first kappa shape index (κ1) is 11.2. The molecule has 0 spiro atoms. The van der Waals surface area contributed by atoms with E-state index in [-0.39, 0.29) is 0 Å². The monoisotopic (exact) mass is 220 g/mol. The molecule has 4 nitrogen and oxygen atoms in total.